The molecule has 1 heterocycles. The SMILES string of the molecule is O=C(O)C1CCN(C(=O)Nc2ccc(F)cc2F)CC1. The van der Waals surface area contributed by atoms with Gasteiger partial charge in [0, 0.05) is 19.2 Å². The molecular weight excluding hydrogens is 270 g/mol. The summed E-state index contributed by atoms with van der Waals surface area (Å²) >= 11 is 0. The van der Waals surface area contributed by atoms with E-state index in [4.69, 9.17) is 5.11 Å². The molecule has 2 amide bonds. The fraction of sp³-hybridized carbons (Fsp3) is 0.385. The highest BCUT2D eigenvalue weighted by Gasteiger charge is 2.27. The number of carboxylic acids is 1. The van der Waals surface area contributed by atoms with Gasteiger partial charge in [-0.25, -0.2) is 13.6 Å². The van der Waals surface area contributed by atoms with Crippen molar-refractivity contribution in [2.45, 2.75) is 12.8 Å². The maximum atomic E-state index is 13.4. The third-order valence-corrected chi connectivity index (χ3v) is 3.30. The topological polar surface area (TPSA) is 69.6 Å². The van der Waals surface area contributed by atoms with E-state index in [9.17, 15) is 18.4 Å². The zero-order chi connectivity index (χ0) is 14.7. The number of nitrogens with one attached hydrogen (secondary N) is 1. The Labute approximate surface area is 114 Å². The molecule has 0 bridgehead atoms. The van der Waals surface area contributed by atoms with Gasteiger partial charge in [-0.3, -0.25) is 4.79 Å². The minimum absolute atomic E-state index is 0.100. The number of hydrogen-bond acceptors (Lipinski definition) is 2. The van der Waals surface area contributed by atoms with Crippen molar-refractivity contribution < 1.29 is 23.5 Å². The lowest BCUT2D eigenvalue weighted by molar-refractivity contribution is -0.143. The number of aliphatic carboxylic acids is 1. The van der Waals surface area contributed by atoms with Gasteiger partial charge in [0.05, 0.1) is 11.6 Å². The van der Waals surface area contributed by atoms with Gasteiger partial charge in [-0.15, -0.1) is 0 Å². The van der Waals surface area contributed by atoms with Crippen LogP contribution >= 0.6 is 0 Å². The molecule has 0 unspecified atom stereocenters. The molecule has 0 aromatic heterocycles. The Morgan fingerprint density at radius 3 is 2.45 bits per heavy atom. The minimum atomic E-state index is -0.866. The van der Waals surface area contributed by atoms with E-state index < -0.39 is 29.6 Å². The third-order valence-electron chi connectivity index (χ3n) is 3.30. The smallest absolute Gasteiger partial charge is 0.321 e. The molecule has 0 atom stereocenters. The molecule has 2 N–H and O–H groups in total. The molecule has 0 aliphatic carbocycles. The van der Waals surface area contributed by atoms with Crippen LogP contribution in [0.25, 0.3) is 0 Å². The lowest BCUT2D eigenvalue weighted by Crippen LogP contribution is -2.42. The van der Waals surface area contributed by atoms with Crippen LogP contribution in [0.2, 0.25) is 0 Å². The minimum Gasteiger partial charge on any atom is -0.481 e. The number of halogens is 2. The molecule has 1 saturated heterocycles. The number of carbonyl (C=O) groups excluding carboxylic acids is 1. The Kier molecular flexibility index (Phi) is 4.16. The van der Waals surface area contributed by atoms with Crippen LogP contribution in [-0.4, -0.2) is 35.1 Å². The van der Waals surface area contributed by atoms with Gasteiger partial charge in [0.25, 0.3) is 0 Å². The van der Waals surface area contributed by atoms with Crippen molar-refractivity contribution in [3.8, 4) is 0 Å². The molecule has 0 radical (unpaired) electrons. The van der Waals surface area contributed by atoms with Gasteiger partial charge in [-0.05, 0) is 25.0 Å². The molecule has 20 heavy (non-hydrogen) atoms. The van der Waals surface area contributed by atoms with Crippen LogP contribution in [0.15, 0.2) is 18.2 Å². The summed E-state index contributed by atoms with van der Waals surface area (Å²) in [5, 5.41) is 11.2. The number of amides is 2. The second-order valence-electron chi connectivity index (χ2n) is 4.65. The van der Waals surface area contributed by atoms with Gasteiger partial charge in [0.1, 0.15) is 11.6 Å². The number of rotatable bonds is 2. The Morgan fingerprint density at radius 1 is 1.25 bits per heavy atom. The van der Waals surface area contributed by atoms with E-state index in [0.717, 1.165) is 12.1 Å². The number of hydrogen-bond donors (Lipinski definition) is 2. The maximum Gasteiger partial charge on any atom is 0.321 e. The summed E-state index contributed by atoms with van der Waals surface area (Å²) in [5.74, 6) is -2.88. The van der Waals surface area contributed by atoms with Crippen molar-refractivity contribution in [1.29, 1.82) is 0 Å². The molecule has 1 aliphatic heterocycles. The number of likely N-dealkylation sites (tertiary alicyclic amines) is 1. The third kappa shape index (κ3) is 3.23. The van der Waals surface area contributed by atoms with Gasteiger partial charge in [-0.1, -0.05) is 0 Å². The Hall–Kier alpha value is -2.18. The highest BCUT2D eigenvalue weighted by atomic mass is 19.1. The van der Waals surface area contributed by atoms with Crippen molar-refractivity contribution in [3.05, 3.63) is 29.8 Å². The first-order valence-corrected chi connectivity index (χ1v) is 6.21. The van der Waals surface area contributed by atoms with Crippen LogP contribution in [0, 0.1) is 17.6 Å². The van der Waals surface area contributed by atoms with Crippen LogP contribution in [0.5, 0.6) is 0 Å². The van der Waals surface area contributed by atoms with Crippen molar-refractivity contribution in [3.63, 3.8) is 0 Å². The van der Waals surface area contributed by atoms with Crippen LogP contribution in [0.3, 0.4) is 0 Å². The normalized spacial score (nSPS) is 16.0. The summed E-state index contributed by atoms with van der Waals surface area (Å²) in [7, 11) is 0. The summed E-state index contributed by atoms with van der Waals surface area (Å²) in [4.78, 5) is 24.1. The van der Waals surface area contributed by atoms with Crippen molar-refractivity contribution in [2.24, 2.45) is 5.92 Å². The van der Waals surface area contributed by atoms with Gasteiger partial charge in [-0.2, -0.15) is 0 Å². The standard InChI is InChI=1S/C13H14F2N2O3/c14-9-1-2-11(10(15)7-9)16-13(20)17-5-3-8(4-6-17)12(18)19/h1-2,7-8H,3-6H2,(H,16,20)(H,18,19). The molecule has 1 aromatic rings. The van der Waals surface area contributed by atoms with Crippen molar-refractivity contribution in [1.82, 2.24) is 4.90 Å². The van der Waals surface area contributed by atoms with E-state index in [0.29, 0.717) is 32.0 Å². The number of carbonyl (C=O) groups is 2. The van der Waals surface area contributed by atoms with E-state index in [1.807, 2.05) is 0 Å². The Bertz CT molecular complexity index is 528. The summed E-state index contributed by atoms with van der Waals surface area (Å²) in [6.07, 6.45) is 0.739. The van der Waals surface area contributed by atoms with E-state index in [-0.39, 0.29) is 5.69 Å². The highest BCUT2D eigenvalue weighted by molar-refractivity contribution is 5.89. The fourth-order valence-corrected chi connectivity index (χ4v) is 2.11. The maximum absolute atomic E-state index is 13.4. The number of anilines is 1. The van der Waals surface area contributed by atoms with E-state index in [1.165, 1.54) is 4.90 Å². The molecule has 7 heteroatoms. The van der Waals surface area contributed by atoms with E-state index >= 15 is 0 Å². The van der Waals surface area contributed by atoms with Gasteiger partial charge >= 0.3 is 12.0 Å². The van der Waals surface area contributed by atoms with Crippen LogP contribution in [-0.2, 0) is 4.79 Å². The van der Waals surface area contributed by atoms with Gasteiger partial charge in [0.2, 0.25) is 0 Å². The Morgan fingerprint density at radius 2 is 1.90 bits per heavy atom. The second-order valence-corrected chi connectivity index (χ2v) is 4.65. The quantitative estimate of drug-likeness (QED) is 0.875. The summed E-state index contributed by atoms with van der Waals surface area (Å²) in [6, 6.07) is 2.37. The molecule has 5 nitrogen and oxygen atoms in total. The lowest BCUT2D eigenvalue weighted by Gasteiger charge is -2.30. The molecule has 1 fully saturated rings. The van der Waals surface area contributed by atoms with E-state index in [1.54, 1.807) is 0 Å². The largest absolute Gasteiger partial charge is 0.481 e. The zero-order valence-electron chi connectivity index (χ0n) is 10.6. The molecule has 2 rings (SSSR count). The van der Waals surface area contributed by atoms with Crippen molar-refractivity contribution in [2.75, 3.05) is 18.4 Å². The first kappa shape index (κ1) is 14.2. The van der Waals surface area contributed by atoms with Gasteiger partial charge < -0.3 is 15.3 Å². The predicted molar refractivity (Wildman–Crippen MR) is 67.3 cm³/mol. The summed E-state index contributed by atoms with van der Waals surface area (Å²) in [6.45, 7) is 0.594. The zero-order valence-corrected chi connectivity index (χ0v) is 10.6. The first-order valence-electron chi connectivity index (χ1n) is 6.21. The predicted octanol–water partition coefficient (Wildman–Crippen LogP) is 2.29. The van der Waals surface area contributed by atoms with E-state index in [2.05, 4.69) is 5.32 Å². The number of nitrogens with zero attached hydrogens (tertiary/aromatic N) is 1. The highest BCUT2D eigenvalue weighted by Crippen LogP contribution is 2.20. The monoisotopic (exact) mass is 284 g/mol. The molecule has 108 valence electrons. The summed E-state index contributed by atoms with van der Waals surface area (Å²) < 4.78 is 26.1. The van der Waals surface area contributed by atoms with Gasteiger partial charge in [0.15, 0.2) is 0 Å². The molecule has 0 saturated carbocycles. The average Bonchev–Trinajstić information content (AvgIpc) is 2.42. The van der Waals surface area contributed by atoms with Crippen molar-refractivity contribution >= 4 is 17.7 Å². The molecule has 1 aliphatic rings. The number of piperidine rings is 1. The average molecular weight is 284 g/mol. The Balaban J connectivity index is 1.94. The summed E-state index contributed by atoms with van der Waals surface area (Å²) in [5.41, 5.74) is -0.100. The van der Waals surface area contributed by atoms with Crippen LogP contribution in [0.4, 0.5) is 19.3 Å². The first-order chi connectivity index (χ1) is 9.47. The lowest BCUT2D eigenvalue weighted by atomic mass is 9.97. The second kappa shape index (κ2) is 5.85. The van der Waals surface area contributed by atoms with Crippen LogP contribution < -0.4 is 5.32 Å². The number of urea groups is 1. The molecule has 1 aromatic carbocycles. The fourth-order valence-electron chi connectivity index (χ4n) is 2.11. The number of benzene rings is 1. The number of carboxylic acid groups (broad SMARTS) is 1. The van der Waals surface area contributed by atoms with Crippen LogP contribution in [0.1, 0.15) is 12.8 Å². The molecular formula is C13H14F2N2O3. The molecule has 0 spiro atoms.